The molecule has 2 nitrogen and oxygen atoms in total. The van der Waals surface area contributed by atoms with Crippen LogP contribution < -0.4 is 5.73 Å². The largest absolute Gasteiger partial charge is 0.327 e. The van der Waals surface area contributed by atoms with Gasteiger partial charge in [-0.2, -0.15) is 0 Å². The maximum absolute atomic E-state index is 13.2. The standard InChI is InChI=1S/C14H21FN2/c1-10-7-12(3-4-13(10)15)9-17-6-5-14(16)11(2)8-17/h3-4,7,11,14H,5-6,8-9,16H2,1-2H3. The first kappa shape index (κ1) is 12.5. The second kappa shape index (κ2) is 5.15. The zero-order valence-electron chi connectivity index (χ0n) is 10.6. The molecule has 17 heavy (non-hydrogen) atoms. The number of piperidine rings is 1. The van der Waals surface area contributed by atoms with Gasteiger partial charge in [-0.25, -0.2) is 4.39 Å². The van der Waals surface area contributed by atoms with Crippen molar-refractivity contribution in [2.75, 3.05) is 13.1 Å². The van der Waals surface area contributed by atoms with Gasteiger partial charge in [-0.05, 0) is 43.0 Å². The van der Waals surface area contributed by atoms with Crippen molar-refractivity contribution in [2.24, 2.45) is 11.7 Å². The lowest BCUT2D eigenvalue weighted by Crippen LogP contribution is -2.45. The van der Waals surface area contributed by atoms with Crippen LogP contribution in [-0.2, 0) is 6.54 Å². The molecule has 0 aliphatic carbocycles. The summed E-state index contributed by atoms with van der Waals surface area (Å²) in [4.78, 5) is 2.40. The lowest BCUT2D eigenvalue weighted by molar-refractivity contribution is 0.158. The van der Waals surface area contributed by atoms with Gasteiger partial charge >= 0.3 is 0 Å². The van der Waals surface area contributed by atoms with Crippen LogP contribution in [0.1, 0.15) is 24.5 Å². The zero-order valence-corrected chi connectivity index (χ0v) is 10.6. The van der Waals surface area contributed by atoms with Crippen LogP contribution in [-0.4, -0.2) is 24.0 Å². The summed E-state index contributed by atoms with van der Waals surface area (Å²) < 4.78 is 13.2. The second-order valence-corrected chi connectivity index (χ2v) is 5.25. The van der Waals surface area contributed by atoms with E-state index in [2.05, 4.69) is 11.8 Å². The molecular formula is C14H21FN2. The number of aryl methyl sites for hydroxylation is 1. The Labute approximate surface area is 103 Å². The van der Waals surface area contributed by atoms with Gasteiger partial charge in [0.1, 0.15) is 5.82 Å². The molecule has 3 heteroatoms. The number of nitrogens with zero attached hydrogens (tertiary/aromatic N) is 1. The van der Waals surface area contributed by atoms with E-state index in [1.807, 2.05) is 19.1 Å². The van der Waals surface area contributed by atoms with Gasteiger partial charge in [0.25, 0.3) is 0 Å². The van der Waals surface area contributed by atoms with E-state index in [-0.39, 0.29) is 5.82 Å². The van der Waals surface area contributed by atoms with E-state index in [9.17, 15) is 4.39 Å². The molecule has 1 fully saturated rings. The summed E-state index contributed by atoms with van der Waals surface area (Å²) in [6.45, 7) is 7.00. The predicted octanol–water partition coefficient (Wildman–Crippen LogP) is 2.30. The topological polar surface area (TPSA) is 29.3 Å². The highest BCUT2D eigenvalue weighted by atomic mass is 19.1. The van der Waals surface area contributed by atoms with Crippen LogP contribution in [0.4, 0.5) is 4.39 Å². The number of likely N-dealkylation sites (tertiary alicyclic amines) is 1. The molecule has 0 radical (unpaired) electrons. The van der Waals surface area contributed by atoms with Crippen molar-refractivity contribution >= 4 is 0 Å². The van der Waals surface area contributed by atoms with Crippen LogP contribution in [0.3, 0.4) is 0 Å². The average Bonchev–Trinajstić information content (AvgIpc) is 2.29. The molecule has 1 heterocycles. The third-order valence-electron chi connectivity index (χ3n) is 3.68. The molecular weight excluding hydrogens is 215 g/mol. The molecule has 0 spiro atoms. The van der Waals surface area contributed by atoms with Crippen LogP contribution in [0.2, 0.25) is 0 Å². The Hall–Kier alpha value is -0.930. The van der Waals surface area contributed by atoms with Crippen molar-refractivity contribution in [1.82, 2.24) is 4.90 Å². The quantitative estimate of drug-likeness (QED) is 0.853. The molecule has 1 saturated heterocycles. The van der Waals surface area contributed by atoms with Crippen molar-refractivity contribution in [3.63, 3.8) is 0 Å². The van der Waals surface area contributed by atoms with Crippen molar-refractivity contribution in [2.45, 2.75) is 32.9 Å². The molecule has 0 amide bonds. The van der Waals surface area contributed by atoms with Crippen LogP contribution in [0, 0.1) is 18.7 Å². The van der Waals surface area contributed by atoms with Gasteiger partial charge in [-0.1, -0.05) is 19.1 Å². The van der Waals surface area contributed by atoms with Crippen LogP contribution >= 0.6 is 0 Å². The molecule has 1 aromatic rings. The van der Waals surface area contributed by atoms with E-state index in [0.29, 0.717) is 12.0 Å². The summed E-state index contributed by atoms with van der Waals surface area (Å²) in [6.07, 6.45) is 1.06. The Kier molecular flexibility index (Phi) is 3.79. The predicted molar refractivity (Wildman–Crippen MR) is 68.2 cm³/mol. The minimum absolute atomic E-state index is 0.122. The molecule has 2 atom stereocenters. The Morgan fingerprint density at radius 2 is 2.24 bits per heavy atom. The maximum Gasteiger partial charge on any atom is 0.126 e. The van der Waals surface area contributed by atoms with E-state index < -0.39 is 0 Å². The van der Waals surface area contributed by atoms with Crippen molar-refractivity contribution in [1.29, 1.82) is 0 Å². The monoisotopic (exact) mass is 236 g/mol. The summed E-state index contributed by atoms with van der Waals surface area (Å²) in [6, 6.07) is 5.71. The fourth-order valence-corrected chi connectivity index (χ4v) is 2.46. The van der Waals surface area contributed by atoms with Crippen molar-refractivity contribution in [3.8, 4) is 0 Å². The lowest BCUT2D eigenvalue weighted by Gasteiger charge is -2.35. The summed E-state index contributed by atoms with van der Waals surface area (Å²) in [7, 11) is 0. The first-order valence-electron chi connectivity index (χ1n) is 6.29. The van der Waals surface area contributed by atoms with Gasteiger partial charge in [-0.15, -0.1) is 0 Å². The minimum atomic E-state index is -0.122. The fraction of sp³-hybridized carbons (Fsp3) is 0.571. The molecule has 1 aromatic carbocycles. The smallest absolute Gasteiger partial charge is 0.126 e. The first-order chi connectivity index (χ1) is 8.06. The molecule has 0 bridgehead atoms. The number of benzene rings is 1. The van der Waals surface area contributed by atoms with Gasteiger partial charge in [0.05, 0.1) is 0 Å². The van der Waals surface area contributed by atoms with Crippen LogP contribution in [0.5, 0.6) is 0 Å². The van der Waals surface area contributed by atoms with E-state index in [4.69, 9.17) is 5.73 Å². The van der Waals surface area contributed by atoms with Gasteiger partial charge in [-0.3, -0.25) is 4.90 Å². The van der Waals surface area contributed by atoms with Gasteiger partial charge in [0.15, 0.2) is 0 Å². The summed E-state index contributed by atoms with van der Waals surface area (Å²) in [5.41, 5.74) is 7.91. The average molecular weight is 236 g/mol. The Bertz CT molecular complexity index is 392. The molecule has 2 rings (SSSR count). The van der Waals surface area contributed by atoms with E-state index in [1.165, 1.54) is 5.56 Å². The third kappa shape index (κ3) is 3.05. The molecule has 0 aromatic heterocycles. The first-order valence-corrected chi connectivity index (χ1v) is 6.29. The molecule has 1 aliphatic heterocycles. The Balaban J connectivity index is 1.99. The lowest BCUT2D eigenvalue weighted by atomic mass is 9.94. The number of nitrogens with two attached hydrogens (primary N) is 1. The second-order valence-electron chi connectivity index (χ2n) is 5.25. The van der Waals surface area contributed by atoms with Crippen LogP contribution in [0.15, 0.2) is 18.2 Å². The molecule has 94 valence electrons. The van der Waals surface area contributed by atoms with Gasteiger partial charge in [0.2, 0.25) is 0 Å². The number of hydrogen-bond donors (Lipinski definition) is 1. The minimum Gasteiger partial charge on any atom is -0.327 e. The zero-order chi connectivity index (χ0) is 12.4. The highest BCUT2D eigenvalue weighted by Gasteiger charge is 2.22. The third-order valence-corrected chi connectivity index (χ3v) is 3.68. The van der Waals surface area contributed by atoms with Crippen molar-refractivity contribution < 1.29 is 4.39 Å². The molecule has 1 aliphatic rings. The summed E-state index contributed by atoms with van der Waals surface area (Å²) in [5, 5.41) is 0. The highest BCUT2D eigenvalue weighted by molar-refractivity contribution is 5.23. The molecule has 2 unspecified atom stereocenters. The van der Waals surface area contributed by atoms with Gasteiger partial charge < -0.3 is 5.73 Å². The van der Waals surface area contributed by atoms with E-state index in [0.717, 1.165) is 31.6 Å². The normalized spacial score (nSPS) is 26.1. The summed E-state index contributed by atoms with van der Waals surface area (Å²) >= 11 is 0. The van der Waals surface area contributed by atoms with E-state index >= 15 is 0 Å². The van der Waals surface area contributed by atoms with E-state index in [1.54, 1.807) is 6.07 Å². The van der Waals surface area contributed by atoms with Gasteiger partial charge in [0, 0.05) is 19.1 Å². The Morgan fingerprint density at radius 3 is 2.88 bits per heavy atom. The highest BCUT2D eigenvalue weighted by Crippen LogP contribution is 2.18. The fourth-order valence-electron chi connectivity index (χ4n) is 2.46. The number of halogens is 1. The Morgan fingerprint density at radius 1 is 1.47 bits per heavy atom. The molecule has 2 N–H and O–H groups in total. The number of rotatable bonds is 2. The maximum atomic E-state index is 13.2. The SMILES string of the molecule is Cc1cc(CN2CCC(N)C(C)C2)ccc1F. The van der Waals surface area contributed by atoms with Crippen molar-refractivity contribution in [3.05, 3.63) is 35.1 Å². The number of hydrogen-bond acceptors (Lipinski definition) is 2. The van der Waals surface area contributed by atoms with Crippen LogP contribution in [0.25, 0.3) is 0 Å². The molecule has 0 saturated carbocycles. The summed E-state index contributed by atoms with van der Waals surface area (Å²) in [5.74, 6) is 0.424.